The highest BCUT2D eigenvalue weighted by Gasteiger charge is 2.28. The van der Waals surface area contributed by atoms with Gasteiger partial charge >= 0.3 is 0 Å². The summed E-state index contributed by atoms with van der Waals surface area (Å²) >= 11 is 18.2. The Morgan fingerprint density at radius 1 is 1.04 bits per heavy atom. The Kier molecular flexibility index (Phi) is 7.41. The molecule has 2 aromatic carbocycles. The number of anilines is 1. The van der Waals surface area contributed by atoms with Crippen molar-refractivity contribution in [1.29, 1.82) is 0 Å². The SMILES string of the molecule is Cl.O=C(c1ccc(Cl)cc1Cl)N(c1ccc(Cl)cc1)C1CCCNC1. The fourth-order valence-corrected chi connectivity index (χ4v) is 3.56. The van der Waals surface area contributed by atoms with Gasteiger partial charge in [-0.1, -0.05) is 34.8 Å². The molecule has 25 heavy (non-hydrogen) atoms. The fourth-order valence-electron chi connectivity index (χ4n) is 2.94. The number of carbonyl (C=O) groups excluding carboxylic acids is 1. The molecule has 1 unspecified atom stereocenters. The van der Waals surface area contributed by atoms with Crippen LogP contribution in [-0.2, 0) is 0 Å². The van der Waals surface area contributed by atoms with Gasteiger partial charge in [0.15, 0.2) is 0 Å². The lowest BCUT2D eigenvalue weighted by Gasteiger charge is -2.35. The summed E-state index contributed by atoms with van der Waals surface area (Å²) in [5.74, 6) is -0.132. The first-order valence-corrected chi connectivity index (χ1v) is 8.94. The molecule has 1 aliphatic rings. The van der Waals surface area contributed by atoms with Crippen LogP contribution >= 0.6 is 47.2 Å². The lowest BCUT2D eigenvalue weighted by molar-refractivity contribution is 0.0972. The van der Waals surface area contributed by atoms with Gasteiger partial charge in [0, 0.05) is 28.3 Å². The molecule has 3 rings (SSSR count). The summed E-state index contributed by atoms with van der Waals surface area (Å²) in [5.41, 5.74) is 1.26. The Morgan fingerprint density at radius 3 is 2.32 bits per heavy atom. The van der Waals surface area contributed by atoms with Gasteiger partial charge < -0.3 is 10.2 Å². The molecule has 2 aromatic rings. The first-order chi connectivity index (χ1) is 11.6. The Labute approximate surface area is 168 Å². The Hall–Kier alpha value is -0.970. The highest BCUT2D eigenvalue weighted by molar-refractivity contribution is 6.37. The maximum absolute atomic E-state index is 13.2. The molecule has 1 aliphatic heterocycles. The summed E-state index contributed by atoms with van der Waals surface area (Å²) < 4.78 is 0. The van der Waals surface area contributed by atoms with Gasteiger partial charge in [-0.25, -0.2) is 0 Å². The van der Waals surface area contributed by atoms with E-state index in [1.807, 2.05) is 12.1 Å². The van der Waals surface area contributed by atoms with Crippen LogP contribution in [0.2, 0.25) is 15.1 Å². The van der Waals surface area contributed by atoms with E-state index in [1.165, 1.54) is 0 Å². The largest absolute Gasteiger partial charge is 0.315 e. The third-order valence-electron chi connectivity index (χ3n) is 4.12. The smallest absolute Gasteiger partial charge is 0.260 e. The van der Waals surface area contributed by atoms with E-state index >= 15 is 0 Å². The van der Waals surface area contributed by atoms with Crippen LogP contribution in [0.25, 0.3) is 0 Å². The molecule has 1 heterocycles. The highest BCUT2D eigenvalue weighted by atomic mass is 35.5. The average molecular weight is 420 g/mol. The summed E-state index contributed by atoms with van der Waals surface area (Å²) in [6, 6.07) is 12.3. The minimum atomic E-state index is -0.132. The lowest BCUT2D eigenvalue weighted by Crippen LogP contribution is -2.49. The van der Waals surface area contributed by atoms with Crippen LogP contribution in [0.15, 0.2) is 42.5 Å². The van der Waals surface area contributed by atoms with E-state index < -0.39 is 0 Å². The van der Waals surface area contributed by atoms with Crippen molar-refractivity contribution in [2.45, 2.75) is 18.9 Å². The lowest BCUT2D eigenvalue weighted by atomic mass is 10.0. The Bertz CT molecular complexity index is 730. The number of benzene rings is 2. The molecule has 1 saturated heterocycles. The fraction of sp³-hybridized carbons (Fsp3) is 0.278. The minimum absolute atomic E-state index is 0. The minimum Gasteiger partial charge on any atom is -0.315 e. The van der Waals surface area contributed by atoms with Crippen molar-refractivity contribution in [3.8, 4) is 0 Å². The van der Waals surface area contributed by atoms with Crippen molar-refractivity contribution < 1.29 is 4.79 Å². The van der Waals surface area contributed by atoms with Crippen LogP contribution < -0.4 is 10.2 Å². The van der Waals surface area contributed by atoms with Crippen LogP contribution in [-0.4, -0.2) is 25.0 Å². The zero-order chi connectivity index (χ0) is 17.1. The Balaban J connectivity index is 0.00000225. The molecular formula is C18H18Cl4N2O. The second kappa shape index (κ2) is 9.11. The predicted octanol–water partition coefficient (Wildman–Crippen LogP) is 5.47. The molecule has 1 atom stereocenters. The summed E-state index contributed by atoms with van der Waals surface area (Å²) in [6.45, 7) is 1.72. The number of hydrogen-bond donors (Lipinski definition) is 1. The quantitative estimate of drug-likeness (QED) is 0.715. The van der Waals surface area contributed by atoms with Crippen LogP contribution in [0.1, 0.15) is 23.2 Å². The zero-order valence-corrected chi connectivity index (χ0v) is 16.4. The molecule has 1 amide bonds. The van der Waals surface area contributed by atoms with Gasteiger partial charge in [0.2, 0.25) is 0 Å². The van der Waals surface area contributed by atoms with Crippen LogP contribution in [0.4, 0.5) is 5.69 Å². The third-order valence-corrected chi connectivity index (χ3v) is 4.92. The van der Waals surface area contributed by atoms with Crippen LogP contribution in [0.5, 0.6) is 0 Å². The molecule has 1 N–H and O–H groups in total. The summed E-state index contributed by atoms with van der Waals surface area (Å²) in [5, 5.41) is 4.85. The van der Waals surface area contributed by atoms with E-state index in [9.17, 15) is 4.79 Å². The van der Waals surface area contributed by atoms with Crippen LogP contribution in [0.3, 0.4) is 0 Å². The summed E-state index contributed by atoms with van der Waals surface area (Å²) in [4.78, 5) is 15.0. The number of rotatable bonds is 3. The van der Waals surface area contributed by atoms with Crippen molar-refractivity contribution >= 4 is 58.8 Å². The number of hydrogen-bond acceptors (Lipinski definition) is 2. The van der Waals surface area contributed by atoms with E-state index in [4.69, 9.17) is 34.8 Å². The molecule has 0 aromatic heterocycles. The number of nitrogens with zero attached hydrogens (tertiary/aromatic N) is 1. The summed E-state index contributed by atoms with van der Waals surface area (Å²) in [6.07, 6.45) is 1.96. The monoisotopic (exact) mass is 418 g/mol. The van der Waals surface area contributed by atoms with Gasteiger partial charge in [0.25, 0.3) is 5.91 Å². The van der Waals surface area contributed by atoms with E-state index in [-0.39, 0.29) is 24.4 Å². The molecule has 0 aliphatic carbocycles. The topological polar surface area (TPSA) is 32.3 Å². The van der Waals surface area contributed by atoms with Gasteiger partial charge in [-0.3, -0.25) is 4.79 Å². The van der Waals surface area contributed by atoms with Gasteiger partial charge in [-0.05, 0) is 61.9 Å². The second-order valence-corrected chi connectivity index (χ2v) is 7.06. The normalized spacial score (nSPS) is 16.8. The van der Waals surface area contributed by atoms with Crippen molar-refractivity contribution in [3.05, 3.63) is 63.1 Å². The zero-order valence-electron chi connectivity index (χ0n) is 13.3. The van der Waals surface area contributed by atoms with Crippen molar-refractivity contribution in [1.82, 2.24) is 5.32 Å². The number of nitrogens with one attached hydrogen (secondary N) is 1. The maximum Gasteiger partial charge on any atom is 0.260 e. The molecular weight excluding hydrogens is 402 g/mol. The maximum atomic E-state index is 13.2. The second-order valence-electron chi connectivity index (χ2n) is 5.78. The molecule has 0 saturated carbocycles. The number of piperidine rings is 1. The molecule has 1 fully saturated rings. The Morgan fingerprint density at radius 2 is 1.72 bits per heavy atom. The molecule has 134 valence electrons. The molecule has 0 spiro atoms. The predicted molar refractivity (Wildman–Crippen MR) is 108 cm³/mol. The van der Waals surface area contributed by atoms with E-state index in [2.05, 4.69) is 5.32 Å². The summed E-state index contributed by atoms with van der Waals surface area (Å²) in [7, 11) is 0. The van der Waals surface area contributed by atoms with Crippen molar-refractivity contribution in [3.63, 3.8) is 0 Å². The number of carbonyl (C=O) groups is 1. The van der Waals surface area contributed by atoms with Gasteiger partial charge in [-0.2, -0.15) is 0 Å². The van der Waals surface area contributed by atoms with Crippen molar-refractivity contribution in [2.75, 3.05) is 18.0 Å². The van der Waals surface area contributed by atoms with Gasteiger partial charge in [0.1, 0.15) is 0 Å². The first kappa shape index (κ1) is 20.3. The molecule has 0 bridgehead atoms. The first-order valence-electron chi connectivity index (χ1n) is 7.81. The molecule has 3 nitrogen and oxygen atoms in total. The molecule has 7 heteroatoms. The third kappa shape index (κ3) is 4.81. The standard InChI is InChI=1S/C18H17Cl3N2O.ClH/c19-12-3-6-14(7-4-12)23(15-2-1-9-22-11-15)18(24)16-8-5-13(20)10-17(16)21;/h3-8,10,15,22H,1-2,9,11H2;1H. The van der Waals surface area contributed by atoms with E-state index in [1.54, 1.807) is 35.2 Å². The highest BCUT2D eigenvalue weighted by Crippen LogP contribution is 2.28. The van der Waals surface area contributed by atoms with Crippen molar-refractivity contribution in [2.24, 2.45) is 0 Å². The average Bonchev–Trinajstić information content (AvgIpc) is 2.58. The van der Waals surface area contributed by atoms with Gasteiger partial charge in [-0.15, -0.1) is 12.4 Å². The number of halogens is 4. The van der Waals surface area contributed by atoms with E-state index in [0.29, 0.717) is 20.6 Å². The number of amides is 1. The van der Waals surface area contributed by atoms with Crippen LogP contribution in [0, 0.1) is 0 Å². The molecule has 0 radical (unpaired) electrons. The van der Waals surface area contributed by atoms with E-state index in [0.717, 1.165) is 31.6 Å². The van der Waals surface area contributed by atoms with Gasteiger partial charge in [0.05, 0.1) is 10.6 Å².